The van der Waals surface area contributed by atoms with Gasteiger partial charge in [0.1, 0.15) is 5.57 Å². The molecule has 0 atom stereocenters. The monoisotopic (exact) mass is 441 g/mol. The molecule has 1 aliphatic heterocycles. The molecule has 0 bridgehead atoms. The molecule has 1 saturated heterocycles. The first-order valence-electron chi connectivity index (χ1n) is 11.5. The van der Waals surface area contributed by atoms with Gasteiger partial charge in [-0.2, -0.15) is 0 Å². The van der Waals surface area contributed by atoms with Gasteiger partial charge < -0.3 is 4.57 Å². The average Bonchev–Trinajstić information content (AvgIpc) is 3.09. The Morgan fingerprint density at radius 3 is 2.39 bits per heavy atom. The number of aromatic nitrogens is 1. The van der Waals surface area contributed by atoms with Gasteiger partial charge in [-0.05, 0) is 67.3 Å². The van der Waals surface area contributed by atoms with E-state index in [0.717, 1.165) is 60.1 Å². The number of nitrogens with zero attached hydrogens (tertiary/aromatic N) is 2. The van der Waals surface area contributed by atoms with Crippen LogP contribution in [0.25, 0.3) is 22.5 Å². The number of urea groups is 1. The number of aryl methyl sites for hydroxylation is 1. The molecule has 2 aromatic carbocycles. The maximum atomic E-state index is 13.2. The van der Waals surface area contributed by atoms with Gasteiger partial charge in [-0.3, -0.25) is 19.8 Å². The lowest BCUT2D eigenvalue weighted by molar-refractivity contribution is -0.132. The lowest BCUT2D eigenvalue weighted by atomic mass is 9.93. The average molecular weight is 442 g/mol. The summed E-state index contributed by atoms with van der Waals surface area (Å²) in [6.45, 7) is 3.98. The van der Waals surface area contributed by atoms with Crippen LogP contribution in [-0.2, 0) is 9.59 Å². The quantitative estimate of drug-likeness (QED) is 0.457. The van der Waals surface area contributed by atoms with Crippen molar-refractivity contribution in [1.29, 1.82) is 0 Å². The van der Waals surface area contributed by atoms with Gasteiger partial charge in [-0.25, -0.2) is 4.79 Å². The molecule has 6 heteroatoms. The number of fused-ring (bicyclic) bond motifs is 1. The second-order valence-corrected chi connectivity index (χ2v) is 8.98. The number of benzene rings is 2. The van der Waals surface area contributed by atoms with Crippen molar-refractivity contribution < 1.29 is 14.4 Å². The molecule has 1 aromatic heterocycles. The number of carbonyl (C=O) groups excluding carboxylic acids is 3. The first-order valence-corrected chi connectivity index (χ1v) is 11.5. The summed E-state index contributed by atoms with van der Waals surface area (Å²) in [7, 11) is 0. The normalized spacial score (nSPS) is 18.9. The molecule has 5 rings (SSSR count). The maximum Gasteiger partial charge on any atom is 0.331 e. The molecule has 2 heterocycles. The Bertz CT molecular complexity index is 1310. The van der Waals surface area contributed by atoms with Crippen molar-refractivity contribution in [3.8, 4) is 5.69 Å². The van der Waals surface area contributed by atoms with Gasteiger partial charge in [0.25, 0.3) is 11.8 Å². The number of carbonyl (C=O) groups is 3. The summed E-state index contributed by atoms with van der Waals surface area (Å²) in [5.41, 5.74) is 3.75. The maximum absolute atomic E-state index is 13.2. The third-order valence-corrected chi connectivity index (χ3v) is 6.83. The van der Waals surface area contributed by atoms with E-state index in [4.69, 9.17) is 0 Å². The second-order valence-electron chi connectivity index (χ2n) is 8.98. The van der Waals surface area contributed by atoms with Gasteiger partial charge >= 0.3 is 6.03 Å². The summed E-state index contributed by atoms with van der Waals surface area (Å²) in [6.07, 6.45) is 6.29. The van der Waals surface area contributed by atoms with Crippen LogP contribution >= 0.6 is 0 Å². The highest BCUT2D eigenvalue weighted by Crippen LogP contribution is 2.29. The van der Waals surface area contributed by atoms with E-state index < -0.39 is 17.8 Å². The van der Waals surface area contributed by atoms with E-state index in [1.54, 1.807) is 6.08 Å². The molecule has 1 saturated carbocycles. The van der Waals surface area contributed by atoms with Crippen molar-refractivity contribution in [2.45, 2.75) is 52.0 Å². The highest BCUT2D eigenvalue weighted by atomic mass is 16.2. The Kier molecular flexibility index (Phi) is 5.36. The van der Waals surface area contributed by atoms with E-state index in [2.05, 4.69) is 40.2 Å². The number of hydrogen-bond acceptors (Lipinski definition) is 3. The van der Waals surface area contributed by atoms with Crippen LogP contribution in [0.3, 0.4) is 0 Å². The van der Waals surface area contributed by atoms with E-state index in [0.29, 0.717) is 0 Å². The largest absolute Gasteiger partial charge is 0.331 e. The van der Waals surface area contributed by atoms with Crippen LogP contribution in [0.15, 0.2) is 54.1 Å². The van der Waals surface area contributed by atoms with Crippen molar-refractivity contribution in [1.82, 2.24) is 14.8 Å². The lowest BCUT2D eigenvalue weighted by Gasteiger charge is -2.35. The highest BCUT2D eigenvalue weighted by Gasteiger charge is 2.40. The Morgan fingerprint density at radius 2 is 1.64 bits per heavy atom. The van der Waals surface area contributed by atoms with Crippen LogP contribution in [0.2, 0.25) is 0 Å². The molecule has 33 heavy (non-hydrogen) atoms. The Hall–Kier alpha value is -3.67. The lowest BCUT2D eigenvalue weighted by Crippen LogP contribution is -2.58. The number of barbiturate groups is 1. The smallest absolute Gasteiger partial charge is 0.318 e. The van der Waals surface area contributed by atoms with Gasteiger partial charge in [0.15, 0.2) is 0 Å². The summed E-state index contributed by atoms with van der Waals surface area (Å²) in [4.78, 5) is 39.6. The molecule has 2 aliphatic rings. The third-order valence-electron chi connectivity index (χ3n) is 6.83. The minimum absolute atomic E-state index is 0.0129. The molecular weight excluding hydrogens is 414 g/mol. The predicted molar refractivity (Wildman–Crippen MR) is 128 cm³/mol. The second kappa shape index (κ2) is 8.35. The van der Waals surface area contributed by atoms with E-state index in [1.807, 2.05) is 32.0 Å². The number of rotatable bonds is 3. The van der Waals surface area contributed by atoms with Crippen molar-refractivity contribution >= 4 is 34.7 Å². The number of imide groups is 2. The number of hydrogen-bond donors (Lipinski definition) is 1. The molecule has 0 radical (unpaired) electrons. The van der Waals surface area contributed by atoms with E-state index >= 15 is 0 Å². The Balaban J connectivity index is 1.52. The summed E-state index contributed by atoms with van der Waals surface area (Å²) in [5.74, 6) is -1.13. The minimum atomic E-state index is -0.632. The van der Waals surface area contributed by atoms with Crippen LogP contribution in [0.4, 0.5) is 4.79 Å². The van der Waals surface area contributed by atoms with Gasteiger partial charge in [0.05, 0.1) is 0 Å². The van der Waals surface area contributed by atoms with Crippen LogP contribution in [0.1, 0.15) is 49.1 Å². The van der Waals surface area contributed by atoms with Crippen molar-refractivity contribution in [2.24, 2.45) is 0 Å². The van der Waals surface area contributed by atoms with Crippen LogP contribution < -0.4 is 5.32 Å². The van der Waals surface area contributed by atoms with Crippen molar-refractivity contribution in [2.75, 3.05) is 0 Å². The van der Waals surface area contributed by atoms with Crippen LogP contribution in [-0.4, -0.2) is 33.4 Å². The minimum Gasteiger partial charge on any atom is -0.318 e. The molecule has 168 valence electrons. The van der Waals surface area contributed by atoms with Crippen LogP contribution in [0, 0.1) is 13.8 Å². The molecule has 0 unspecified atom stereocenters. The summed E-state index contributed by atoms with van der Waals surface area (Å²) in [6, 6.07) is 15.7. The van der Waals surface area contributed by atoms with E-state index in [1.165, 1.54) is 10.3 Å². The molecule has 4 amide bonds. The first kappa shape index (κ1) is 21.2. The summed E-state index contributed by atoms with van der Waals surface area (Å²) < 4.78 is 2.12. The predicted octanol–water partition coefficient (Wildman–Crippen LogP) is 5.04. The molecular formula is C27H27N3O3. The number of nitrogens with one attached hydrogen (secondary N) is 1. The number of amides is 4. The Labute approximate surface area is 192 Å². The molecule has 1 N–H and O–H groups in total. The molecule has 2 fully saturated rings. The van der Waals surface area contributed by atoms with Gasteiger partial charge in [0, 0.05) is 23.1 Å². The third kappa shape index (κ3) is 3.75. The van der Waals surface area contributed by atoms with Crippen molar-refractivity contribution in [3.05, 3.63) is 71.1 Å². The van der Waals surface area contributed by atoms with Crippen LogP contribution in [0.5, 0.6) is 0 Å². The van der Waals surface area contributed by atoms with E-state index in [-0.39, 0.29) is 11.6 Å². The van der Waals surface area contributed by atoms with E-state index in [9.17, 15) is 14.4 Å². The topological polar surface area (TPSA) is 71.4 Å². The van der Waals surface area contributed by atoms with Gasteiger partial charge in [-0.15, -0.1) is 0 Å². The highest BCUT2D eigenvalue weighted by molar-refractivity contribution is 6.31. The van der Waals surface area contributed by atoms with Crippen molar-refractivity contribution in [3.63, 3.8) is 0 Å². The van der Waals surface area contributed by atoms with Gasteiger partial charge in [0.2, 0.25) is 0 Å². The van der Waals surface area contributed by atoms with Gasteiger partial charge in [-0.1, -0.05) is 49.6 Å². The SMILES string of the molecule is Cc1cc(/C=C2\C(=O)NC(=O)N(C3CCCCC3)C2=O)c(C)n1-c1ccc2ccccc2c1. The fourth-order valence-electron chi connectivity index (χ4n) is 5.14. The first-order chi connectivity index (χ1) is 15.9. The zero-order chi connectivity index (χ0) is 23.1. The Morgan fingerprint density at radius 1 is 0.909 bits per heavy atom. The summed E-state index contributed by atoms with van der Waals surface area (Å²) >= 11 is 0. The molecule has 0 spiro atoms. The fourth-order valence-corrected chi connectivity index (χ4v) is 5.14. The molecule has 6 nitrogen and oxygen atoms in total. The molecule has 1 aliphatic carbocycles. The summed E-state index contributed by atoms with van der Waals surface area (Å²) in [5, 5.41) is 4.69. The standard InChI is InChI=1S/C27H27N3O3/c1-17-14-21(18(2)29(17)23-13-12-19-8-6-7-9-20(19)15-23)16-24-25(31)28-27(33)30(26(24)32)22-10-4-3-5-11-22/h6-9,12-16,22H,3-5,10-11H2,1-2H3,(H,28,31,33)/b24-16+. The molecule has 3 aromatic rings. The zero-order valence-electron chi connectivity index (χ0n) is 18.9. The zero-order valence-corrected chi connectivity index (χ0v) is 18.9. The fraction of sp³-hybridized carbons (Fsp3) is 0.296.